The van der Waals surface area contributed by atoms with Crippen LogP contribution in [0.15, 0.2) is 18.2 Å². The zero-order valence-electron chi connectivity index (χ0n) is 11.2. The SMILES string of the molecule is CCOCCOCC(=O)Nc1nc2ccc(N)cc2s1. The number of hydrogen-bond acceptors (Lipinski definition) is 6. The van der Waals surface area contributed by atoms with Gasteiger partial charge >= 0.3 is 0 Å². The Bertz CT molecular complexity index is 585. The summed E-state index contributed by atoms with van der Waals surface area (Å²) in [5, 5.41) is 3.25. The van der Waals surface area contributed by atoms with Crippen LogP contribution in [-0.2, 0) is 14.3 Å². The van der Waals surface area contributed by atoms with Gasteiger partial charge in [-0.25, -0.2) is 4.98 Å². The number of nitrogens with two attached hydrogens (primary N) is 1. The molecule has 1 heterocycles. The van der Waals surface area contributed by atoms with Gasteiger partial charge in [0.15, 0.2) is 5.13 Å². The molecule has 1 aromatic carbocycles. The van der Waals surface area contributed by atoms with Gasteiger partial charge in [-0.1, -0.05) is 11.3 Å². The lowest BCUT2D eigenvalue weighted by Gasteiger charge is -2.03. The number of amides is 1. The van der Waals surface area contributed by atoms with E-state index in [0.29, 0.717) is 30.6 Å². The highest BCUT2D eigenvalue weighted by molar-refractivity contribution is 7.22. The van der Waals surface area contributed by atoms with E-state index in [1.807, 2.05) is 19.1 Å². The smallest absolute Gasteiger partial charge is 0.252 e. The Kier molecular flexibility index (Phi) is 5.28. The van der Waals surface area contributed by atoms with Crippen LogP contribution in [0, 0.1) is 0 Å². The van der Waals surface area contributed by atoms with Crippen molar-refractivity contribution in [2.24, 2.45) is 0 Å². The maximum Gasteiger partial charge on any atom is 0.252 e. The number of carbonyl (C=O) groups is 1. The molecule has 0 bridgehead atoms. The van der Waals surface area contributed by atoms with Crippen LogP contribution >= 0.6 is 11.3 Å². The first-order valence-electron chi connectivity index (χ1n) is 6.30. The zero-order chi connectivity index (χ0) is 14.4. The second-order valence-corrected chi connectivity index (χ2v) is 5.07. The van der Waals surface area contributed by atoms with Gasteiger partial charge in [0.05, 0.1) is 23.4 Å². The predicted octanol–water partition coefficient (Wildman–Crippen LogP) is 1.87. The molecule has 0 aliphatic carbocycles. The molecule has 1 amide bonds. The van der Waals surface area contributed by atoms with Crippen LogP contribution < -0.4 is 11.1 Å². The van der Waals surface area contributed by atoms with Crippen molar-refractivity contribution in [3.63, 3.8) is 0 Å². The number of aromatic nitrogens is 1. The number of rotatable bonds is 7. The fraction of sp³-hybridized carbons (Fsp3) is 0.385. The number of thiazole rings is 1. The Labute approximate surface area is 120 Å². The van der Waals surface area contributed by atoms with E-state index in [2.05, 4.69) is 10.3 Å². The Hall–Kier alpha value is -1.70. The van der Waals surface area contributed by atoms with E-state index in [1.165, 1.54) is 11.3 Å². The zero-order valence-corrected chi connectivity index (χ0v) is 12.0. The van der Waals surface area contributed by atoms with E-state index in [4.69, 9.17) is 15.2 Å². The van der Waals surface area contributed by atoms with Gasteiger partial charge in [-0.2, -0.15) is 0 Å². The van der Waals surface area contributed by atoms with E-state index in [9.17, 15) is 4.79 Å². The second-order valence-electron chi connectivity index (χ2n) is 4.04. The lowest BCUT2D eigenvalue weighted by molar-refractivity contribution is -0.121. The summed E-state index contributed by atoms with van der Waals surface area (Å²) in [6.07, 6.45) is 0. The van der Waals surface area contributed by atoms with Crippen molar-refractivity contribution in [1.29, 1.82) is 0 Å². The van der Waals surface area contributed by atoms with Crippen LogP contribution in [0.5, 0.6) is 0 Å². The molecular formula is C13H17N3O3S. The summed E-state index contributed by atoms with van der Waals surface area (Å²) in [7, 11) is 0. The first-order chi connectivity index (χ1) is 9.69. The third-order valence-corrected chi connectivity index (χ3v) is 3.40. The van der Waals surface area contributed by atoms with Crippen molar-refractivity contribution in [3.8, 4) is 0 Å². The monoisotopic (exact) mass is 295 g/mol. The third-order valence-electron chi connectivity index (χ3n) is 2.47. The van der Waals surface area contributed by atoms with E-state index < -0.39 is 0 Å². The van der Waals surface area contributed by atoms with Gasteiger partial charge in [0, 0.05) is 12.3 Å². The highest BCUT2D eigenvalue weighted by atomic mass is 32.1. The summed E-state index contributed by atoms with van der Waals surface area (Å²) in [6, 6.07) is 5.45. The normalized spacial score (nSPS) is 10.8. The maximum atomic E-state index is 11.7. The molecule has 20 heavy (non-hydrogen) atoms. The fourth-order valence-corrected chi connectivity index (χ4v) is 2.51. The quantitative estimate of drug-likeness (QED) is 0.601. The molecule has 1 aromatic heterocycles. The standard InChI is InChI=1S/C13H17N3O3S/c1-2-18-5-6-19-8-12(17)16-13-15-10-4-3-9(14)7-11(10)20-13/h3-4,7H,2,5-6,8,14H2,1H3,(H,15,16,17). The molecule has 0 spiro atoms. The fourth-order valence-electron chi connectivity index (χ4n) is 1.58. The number of nitrogens with zero attached hydrogens (tertiary/aromatic N) is 1. The number of nitrogens with one attached hydrogen (secondary N) is 1. The largest absolute Gasteiger partial charge is 0.399 e. The number of fused-ring (bicyclic) bond motifs is 1. The number of benzene rings is 1. The van der Waals surface area contributed by atoms with Crippen LogP contribution in [0.2, 0.25) is 0 Å². The second kappa shape index (κ2) is 7.18. The van der Waals surface area contributed by atoms with Crippen molar-refractivity contribution in [2.45, 2.75) is 6.92 Å². The molecule has 0 unspecified atom stereocenters. The molecule has 2 rings (SSSR count). The summed E-state index contributed by atoms with van der Waals surface area (Å²) in [6.45, 7) is 3.43. The summed E-state index contributed by atoms with van der Waals surface area (Å²) in [5.74, 6) is -0.228. The topological polar surface area (TPSA) is 86.5 Å². The van der Waals surface area contributed by atoms with Gasteiger partial charge in [0.2, 0.25) is 0 Å². The van der Waals surface area contributed by atoms with Gasteiger partial charge < -0.3 is 15.2 Å². The van der Waals surface area contributed by atoms with E-state index >= 15 is 0 Å². The molecule has 6 nitrogen and oxygen atoms in total. The first-order valence-corrected chi connectivity index (χ1v) is 7.12. The van der Waals surface area contributed by atoms with Crippen LogP contribution in [-0.4, -0.2) is 37.3 Å². The highest BCUT2D eigenvalue weighted by Gasteiger charge is 2.08. The first kappa shape index (κ1) is 14.7. The van der Waals surface area contributed by atoms with Gasteiger partial charge in [-0.05, 0) is 25.1 Å². The van der Waals surface area contributed by atoms with Crippen molar-refractivity contribution in [1.82, 2.24) is 4.98 Å². The molecule has 0 radical (unpaired) electrons. The van der Waals surface area contributed by atoms with Crippen molar-refractivity contribution in [2.75, 3.05) is 37.5 Å². The van der Waals surface area contributed by atoms with Crippen molar-refractivity contribution in [3.05, 3.63) is 18.2 Å². The van der Waals surface area contributed by atoms with Gasteiger partial charge in [-0.15, -0.1) is 0 Å². The molecule has 7 heteroatoms. The Morgan fingerprint density at radius 2 is 2.20 bits per heavy atom. The number of hydrogen-bond donors (Lipinski definition) is 2. The molecule has 0 atom stereocenters. The molecule has 0 aliphatic heterocycles. The molecule has 0 saturated carbocycles. The molecule has 0 fully saturated rings. The van der Waals surface area contributed by atoms with Crippen molar-refractivity contribution >= 4 is 38.3 Å². The minimum absolute atomic E-state index is 0.00879. The Morgan fingerprint density at radius 1 is 1.40 bits per heavy atom. The summed E-state index contributed by atoms with van der Waals surface area (Å²) in [5.41, 5.74) is 7.20. The van der Waals surface area contributed by atoms with Gasteiger partial charge in [0.25, 0.3) is 5.91 Å². The van der Waals surface area contributed by atoms with Gasteiger partial charge in [-0.3, -0.25) is 10.1 Å². The molecule has 0 saturated heterocycles. The molecule has 2 aromatic rings. The lowest BCUT2D eigenvalue weighted by Crippen LogP contribution is -2.19. The van der Waals surface area contributed by atoms with E-state index in [0.717, 1.165) is 10.2 Å². The summed E-state index contributed by atoms with van der Waals surface area (Å²) < 4.78 is 11.2. The number of ether oxygens (including phenoxy) is 2. The maximum absolute atomic E-state index is 11.7. The Morgan fingerprint density at radius 3 is 3.00 bits per heavy atom. The summed E-state index contributed by atoms with van der Waals surface area (Å²) in [4.78, 5) is 16.0. The van der Waals surface area contributed by atoms with E-state index in [1.54, 1.807) is 6.07 Å². The van der Waals surface area contributed by atoms with E-state index in [-0.39, 0.29) is 12.5 Å². The lowest BCUT2D eigenvalue weighted by atomic mass is 10.3. The van der Waals surface area contributed by atoms with Gasteiger partial charge in [0.1, 0.15) is 6.61 Å². The minimum atomic E-state index is -0.228. The molecular weight excluding hydrogens is 278 g/mol. The van der Waals surface area contributed by atoms with Crippen LogP contribution in [0.4, 0.5) is 10.8 Å². The van der Waals surface area contributed by atoms with Crippen LogP contribution in [0.25, 0.3) is 10.2 Å². The van der Waals surface area contributed by atoms with Crippen LogP contribution in [0.3, 0.4) is 0 Å². The molecule has 0 aliphatic rings. The molecule has 108 valence electrons. The van der Waals surface area contributed by atoms with Crippen molar-refractivity contribution < 1.29 is 14.3 Å². The number of nitrogen functional groups attached to an aromatic ring is 1. The summed E-state index contributed by atoms with van der Waals surface area (Å²) >= 11 is 1.38. The average molecular weight is 295 g/mol. The molecule has 3 N–H and O–H groups in total. The average Bonchev–Trinajstić information content (AvgIpc) is 2.79. The Balaban J connectivity index is 1.83. The predicted molar refractivity (Wildman–Crippen MR) is 80.0 cm³/mol. The minimum Gasteiger partial charge on any atom is -0.399 e. The number of carbonyl (C=O) groups excluding carboxylic acids is 1. The van der Waals surface area contributed by atoms with Crippen LogP contribution in [0.1, 0.15) is 6.92 Å². The third kappa shape index (κ3) is 4.16. The highest BCUT2D eigenvalue weighted by Crippen LogP contribution is 2.27. The number of anilines is 2.